The van der Waals surface area contributed by atoms with Gasteiger partial charge in [0.1, 0.15) is 0 Å². The Morgan fingerprint density at radius 2 is 1.96 bits per heavy atom. The highest BCUT2D eigenvalue weighted by atomic mass is 32.2. The molecule has 0 aliphatic carbocycles. The van der Waals surface area contributed by atoms with Gasteiger partial charge >= 0.3 is 0 Å². The zero-order chi connectivity index (χ0) is 17.5. The van der Waals surface area contributed by atoms with Crippen LogP contribution in [0.4, 0.5) is 0 Å². The van der Waals surface area contributed by atoms with Crippen molar-refractivity contribution in [3.05, 3.63) is 52.6 Å². The first kappa shape index (κ1) is 16.6. The molecule has 2 aromatic heterocycles. The number of rotatable bonds is 2. The lowest BCUT2D eigenvalue weighted by atomic mass is 9.81. The molecule has 2 aromatic rings. The van der Waals surface area contributed by atoms with Gasteiger partial charge in [-0.1, -0.05) is 6.07 Å². The molecule has 136 valence electrons. The van der Waals surface area contributed by atoms with E-state index in [-0.39, 0.29) is 5.56 Å². The van der Waals surface area contributed by atoms with Crippen LogP contribution >= 0.6 is 11.8 Å². The minimum atomic E-state index is 0.139. The molecule has 0 aromatic carbocycles. The SMILES string of the molecule is O=c1cc(-c2ccccn2)cc2n1C[C@H]1C[C@@H]2CN(C2CCSCC2)C1. The van der Waals surface area contributed by atoms with Crippen LogP contribution in [-0.2, 0) is 6.54 Å². The molecule has 4 nitrogen and oxygen atoms in total. The normalized spacial score (nSPS) is 26.5. The summed E-state index contributed by atoms with van der Waals surface area (Å²) in [7, 11) is 0. The van der Waals surface area contributed by atoms with E-state index in [2.05, 4.69) is 27.7 Å². The summed E-state index contributed by atoms with van der Waals surface area (Å²) in [6.07, 6.45) is 5.67. The molecule has 0 saturated carbocycles. The van der Waals surface area contributed by atoms with Gasteiger partial charge in [-0.15, -0.1) is 0 Å². The third kappa shape index (κ3) is 3.01. The maximum absolute atomic E-state index is 12.8. The van der Waals surface area contributed by atoms with E-state index in [0.717, 1.165) is 30.4 Å². The number of fused-ring (bicyclic) bond motifs is 4. The summed E-state index contributed by atoms with van der Waals surface area (Å²) in [5.41, 5.74) is 3.23. The first-order valence-electron chi connectivity index (χ1n) is 9.76. The quantitative estimate of drug-likeness (QED) is 0.817. The number of pyridine rings is 2. The van der Waals surface area contributed by atoms with Crippen molar-refractivity contribution in [1.82, 2.24) is 14.5 Å². The Hall–Kier alpha value is -1.59. The van der Waals surface area contributed by atoms with E-state index in [9.17, 15) is 4.79 Å². The lowest BCUT2D eigenvalue weighted by Gasteiger charge is -2.46. The van der Waals surface area contributed by atoms with E-state index >= 15 is 0 Å². The first-order chi connectivity index (χ1) is 12.8. The van der Waals surface area contributed by atoms with Gasteiger partial charge in [-0.25, -0.2) is 0 Å². The summed E-state index contributed by atoms with van der Waals surface area (Å²) in [4.78, 5) is 20.0. The number of piperidine rings is 1. The molecule has 2 saturated heterocycles. The Morgan fingerprint density at radius 3 is 2.77 bits per heavy atom. The van der Waals surface area contributed by atoms with Crippen LogP contribution in [0.15, 0.2) is 41.3 Å². The Morgan fingerprint density at radius 1 is 1.08 bits per heavy atom. The number of hydrogen-bond donors (Lipinski definition) is 0. The maximum Gasteiger partial charge on any atom is 0.251 e. The standard InChI is InChI=1S/C21H25N3OS/c25-21-11-16(19-3-1-2-6-22-19)10-20-17-9-15(13-24(20)21)12-23(14-17)18-4-7-26-8-5-18/h1-3,6,10-11,15,17-18H,4-5,7-9,12-14H2/t15-,17+/m0/s1. The minimum Gasteiger partial charge on any atom is -0.312 e. The lowest BCUT2D eigenvalue weighted by molar-refractivity contribution is 0.0775. The summed E-state index contributed by atoms with van der Waals surface area (Å²) in [6.45, 7) is 3.15. The van der Waals surface area contributed by atoms with Crippen LogP contribution in [0.2, 0.25) is 0 Å². The van der Waals surface area contributed by atoms with E-state index in [1.54, 1.807) is 12.3 Å². The fraction of sp³-hybridized carbons (Fsp3) is 0.524. The molecule has 2 atom stereocenters. The molecule has 5 heteroatoms. The zero-order valence-corrected chi connectivity index (χ0v) is 15.8. The average Bonchev–Trinajstić information content (AvgIpc) is 2.70. The van der Waals surface area contributed by atoms with Crippen molar-refractivity contribution in [3.63, 3.8) is 0 Å². The van der Waals surface area contributed by atoms with Gasteiger partial charge in [0.2, 0.25) is 0 Å². The highest BCUT2D eigenvalue weighted by Crippen LogP contribution is 2.38. The third-order valence-electron chi connectivity index (χ3n) is 6.25. The van der Waals surface area contributed by atoms with Crippen LogP contribution in [0, 0.1) is 5.92 Å². The molecule has 0 spiro atoms. The Labute approximate surface area is 158 Å². The summed E-state index contributed by atoms with van der Waals surface area (Å²) in [5.74, 6) is 3.70. The third-order valence-corrected chi connectivity index (χ3v) is 7.30. The van der Waals surface area contributed by atoms with Crippen molar-refractivity contribution in [1.29, 1.82) is 0 Å². The van der Waals surface area contributed by atoms with E-state index in [1.165, 1.54) is 43.0 Å². The van der Waals surface area contributed by atoms with E-state index < -0.39 is 0 Å². The molecule has 5 heterocycles. The van der Waals surface area contributed by atoms with Crippen molar-refractivity contribution in [2.45, 2.75) is 37.8 Å². The van der Waals surface area contributed by atoms with Crippen molar-refractivity contribution >= 4 is 11.8 Å². The number of hydrogen-bond acceptors (Lipinski definition) is 4. The lowest BCUT2D eigenvalue weighted by Crippen LogP contribution is -2.51. The molecule has 0 radical (unpaired) electrons. The molecular weight excluding hydrogens is 342 g/mol. The van der Waals surface area contributed by atoms with Crippen molar-refractivity contribution in [3.8, 4) is 11.3 Å². The second kappa shape index (κ2) is 6.86. The van der Waals surface area contributed by atoms with E-state index in [0.29, 0.717) is 11.8 Å². The molecule has 3 aliphatic heterocycles. The zero-order valence-electron chi connectivity index (χ0n) is 15.0. The molecule has 0 amide bonds. The molecule has 0 N–H and O–H groups in total. The highest BCUT2D eigenvalue weighted by Gasteiger charge is 2.37. The molecule has 0 unspecified atom stereocenters. The number of aromatic nitrogens is 2. The maximum atomic E-state index is 12.8. The Bertz CT molecular complexity index is 844. The fourth-order valence-electron chi connectivity index (χ4n) is 5.03. The van der Waals surface area contributed by atoms with Crippen LogP contribution in [0.5, 0.6) is 0 Å². The largest absolute Gasteiger partial charge is 0.312 e. The molecule has 26 heavy (non-hydrogen) atoms. The van der Waals surface area contributed by atoms with Crippen LogP contribution in [0.25, 0.3) is 11.3 Å². The Kier molecular flexibility index (Phi) is 4.37. The molecule has 2 bridgehead atoms. The van der Waals surface area contributed by atoms with Crippen LogP contribution in [-0.4, -0.2) is 45.1 Å². The summed E-state index contributed by atoms with van der Waals surface area (Å²) in [6, 6.07) is 10.6. The number of likely N-dealkylation sites (tertiary alicyclic amines) is 1. The van der Waals surface area contributed by atoms with Crippen LogP contribution in [0.1, 0.15) is 30.9 Å². The van der Waals surface area contributed by atoms with Gasteiger partial charge in [0.15, 0.2) is 0 Å². The van der Waals surface area contributed by atoms with Gasteiger partial charge in [-0.05, 0) is 54.9 Å². The predicted octanol–water partition coefficient (Wildman–Crippen LogP) is 3.23. The monoisotopic (exact) mass is 367 g/mol. The second-order valence-corrected chi connectivity index (χ2v) is 9.15. The molecule has 3 aliphatic rings. The van der Waals surface area contributed by atoms with Gasteiger partial charge in [-0.2, -0.15) is 11.8 Å². The molecular formula is C21H25N3OS. The van der Waals surface area contributed by atoms with Crippen LogP contribution in [0.3, 0.4) is 0 Å². The van der Waals surface area contributed by atoms with Gasteiger partial charge in [0, 0.05) is 55.1 Å². The summed E-state index contributed by atoms with van der Waals surface area (Å²) >= 11 is 2.10. The van der Waals surface area contributed by atoms with Gasteiger partial charge < -0.3 is 4.57 Å². The molecule has 2 fully saturated rings. The Balaban J connectivity index is 1.48. The topological polar surface area (TPSA) is 38.1 Å². The summed E-state index contributed by atoms with van der Waals surface area (Å²) in [5, 5.41) is 0. The molecule has 5 rings (SSSR count). The summed E-state index contributed by atoms with van der Waals surface area (Å²) < 4.78 is 2.04. The van der Waals surface area contributed by atoms with Crippen molar-refractivity contribution < 1.29 is 0 Å². The van der Waals surface area contributed by atoms with Crippen LogP contribution < -0.4 is 5.56 Å². The van der Waals surface area contributed by atoms with Gasteiger partial charge in [-0.3, -0.25) is 14.7 Å². The fourth-order valence-corrected chi connectivity index (χ4v) is 6.11. The van der Waals surface area contributed by atoms with Crippen molar-refractivity contribution in [2.24, 2.45) is 5.92 Å². The van der Waals surface area contributed by atoms with Crippen molar-refractivity contribution in [2.75, 3.05) is 24.6 Å². The van der Waals surface area contributed by atoms with Gasteiger partial charge in [0.25, 0.3) is 5.56 Å². The van der Waals surface area contributed by atoms with E-state index in [4.69, 9.17) is 0 Å². The predicted molar refractivity (Wildman–Crippen MR) is 107 cm³/mol. The minimum absolute atomic E-state index is 0.139. The average molecular weight is 368 g/mol. The van der Waals surface area contributed by atoms with Gasteiger partial charge in [0.05, 0.1) is 5.69 Å². The smallest absolute Gasteiger partial charge is 0.251 e. The first-order valence-corrected chi connectivity index (χ1v) is 10.9. The second-order valence-electron chi connectivity index (χ2n) is 7.93. The number of nitrogens with zero attached hydrogens (tertiary/aromatic N) is 3. The van der Waals surface area contributed by atoms with E-state index in [1.807, 2.05) is 22.8 Å². The number of thioether (sulfide) groups is 1. The highest BCUT2D eigenvalue weighted by molar-refractivity contribution is 7.99.